The van der Waals surface area contributed by atoms with Gasteiger partial charge in [0.15, 0.2) is 0 Å². The number of benzene rings is 1. The Balaban J connectivity index is 2.17. The standard InChI is InChI=1S/C11H9NO/c1-2-4-10-9(3-1)5-7-12-11(10)6-8-13-12/h1-8,11H. The molecule has 0 bridgehead atoms. The molecule has 2 heteroatoms. The van der Waals surface area contributed by atoms with Gasteiger partial charge in [-0.1, -0.05) is 24.3 Å². The van der Waals surface area contributed by atoms with Crippen LogP contribution in [0.5, 0.6) is 0 Å². The molecule has 3 rings (SSSR count). The SMILES string of the molecule is C1=CC2c3ccccc3C=CN2O1. The van der Waals surface area contributed by atoms with Crippen molar-refractivity contribution in [1.29, 1.82) is 0 Å². The van der Waals surface area contributed by atoms with Crippen LogP contribution in [-0.4, -0.2) is 5.06 Å². The van der Waals surface area contributed by atoms with Gasteiger partial charge in [-0.15, -0.1) is 0 Å². The van der Waals surface area contributed by atoms with Crippen molar-refractivity contribution >= 4 is 6.08 Å². The Morgan fingerprint density at radius 2 is 2.15 bits per heavy atom. The van der Waals surface area contributed by atoms with E-state index in [9.17, 15) is 0 Å². The fourth-order valence-electron chi connectivity index (χ4n) is 1.78. The van der Waals surface area contributed by atoms with Gasteiger partial charge in [0.1, 0.15) is 12.3 Å². The number of hydrogen-bond donors (Lipinski definition) is 0. The molecule has 2 nitrogen and oxygen atoms in total. The smallest absolute Gasteiger partial charge is 0.118 e. The maximum Gasteiger partial charge on any atom is 0.118 e. The number of hydroxylamine groups is 2. The van der Waals surface area contributed by atoms with Crippen molar-refractivity contribution in [3.8, 4) is 0 Å². The summed E-state index contributed by atoms with van der Waals surface area (Å²) in [6, 6.07) is 8.63. The summed E-state index contributed by atoms with van der Waals surface area (Å²) in [7, 11) is 0. The van der Waals surface area contributed by atoms with Gasteiger partial charge in [0.05, 0.1) is 0 Å². The highest BCUT2D eigenvalue weighted by Gasteiger charge is 2.24. The van der Waals surface area contributed by atoms with E-state index in [4.69, 9.17) is 4.84 Å². The average Bonchev–Trinajstić information content (AvgIpc) is 2.65. The maximum absolute atomic E-state index is 5.28. The maximum atomic E-state index is 5.28. The van der Waals surface area contributed by atoms with Gasteiger partial charge < -0.3 is 4.84 Å². The van der Waals surface area contributed by atoms with Crippen LogP contribution >= 0.6 is 0 Å². The van der Waals surface area contributed by atoms with Gasteiger partial charge in [0.2, 0.25) is 0 Å². The normalized spacial score (nSPS) is 22.5. The van der Waals surface area contributed by atoms with Crippen molar-refractivity contribution in [3.63, 3.8) is 0 Å². The van der Waals surface area contributed by atoms with Crippen molar-refractivity contribution in [2.24, 2.45) is 0 Å². The van der Waals surface area contributed by atoms with E-state index in [1.54, 1.807) is 6.26 Å². The summed E-state index contributed by atoms with van der Waals surface area (Å²) in [6.45, 7) is 0. The highest BCUT2D eigenvalue weighted by Crippen LogP contribution is 2.34. The van der Waals surface area contributed by atoms with E-state index < -0.39 is 0 Å². The van der Waals surface area contributed by atoms with E-state index in [1.807, 2.05) is 11.3 Å². The third-order valence-electron chi connectivity index (χ3n) is 2.43. The van der Waals surface area contributed by atoms with Crippen molar-refractivity contribution in [2.45, 2.75) is 6.04 Å². The van der Waals surface area contributed by atoms with E-state index in [2.05, 4.69) is 36.4 Å². The van der Waals surface area contributed by atoms with E-state index in [1.165, 1.54) is 11.1 Å². The van der Waals surface area contributed by atoms with Gasteiger partial charge in [-0.25, -0.2) is 5.06 Å². The van der Waals surface area contributed by atoms with E-state index in [-0.39, 0.29) is 6.04 Å². The predicted molar refractivity (Wildman–Crippen MR) is 50.3 cm³/mol. The van der Waals surface area contributed by atoms with Crippen molar-refractivity contribution < 1.29 is 4.84 Å². The lowest BCUT2D eigenvalue weighted by Gasteiger charge is -2.25. The summed E-state index contributed by atoms with van der Waals surface area (Å²) < 4.78 is 0. The molecule has 2 aliphatic rings. The van der Waals surface area contributed by atoms with Crippen LogP contribution in [0.3, 0.4) is 0 Å². The molecular formula is C11H9NO. The Morgan fingerprint density at radius 1 is 1.23 bits per heavy atom. The first-order valence-electron chi connectivity index (χ1n) is 4.34. The molecular weight excluding hydrogens is 162 g/mol. The molecule has 2 heterocycles. The second kappa shape index (κ2) is 2.39. The monoisotopic (exact) mass is 171 g/mol. The third kappa shape index (κ3) is 0.886. The second-order valence-electron chi connectivity index (χ2n) is 3.18. The van der Waals surface area contributed by atoms with Crippen molar-refractivity contribution in [2.75, 3.05) is 0 Å². The molecule has 13 heavy (non-hydrogen) atoms. The summed E-state index contributed by atoms with van der Waals surface area (Å²) in [5, 5.41) is 1.85. The van der Waals surface area contributed by atoms with Gasteiger partial charge >= 0.3 is 0 Å². The lowest BCUT2D eigenvalue weighted by atomic mass is 9.98. The van der Waals surface area contributed by atoms with Gasteiger partial charge in [0, 0.05) is 6.20 Å². The van der Waals surface area contributed by atoms with Crippen LogP contribution < -0.4 is 0 Å². The minimum atomic E-state index is 0.265. The molecule has 0 aromatic heterocycles. The first kappa shape index (κ1) is 6.78. The summed E-state index contributed by atoms with van der Waals surface area (Å²) in [4.78, 5) is 5.28. The third-order valence-corrected chi connectivity index (χ3v) is 2.43. The lowest BCUT2D eigenvalue weighted by Crippen LogP contribution is -2.19. The van der Waals surface area contributed by atoms with Crippen LogP contribution in [0.25, 0.3) is 6.08 Å². The van der Waals surface area contributed by atoms with E-state index in [0.29, 0.717) is 0 Å². The van der Waals surface area contributed by atoms with E-state index >= 15 is 0 Å². The molecule has 1 unspecified atom stereocenters. The number of nitrogens with zero attached hydrogens (tertiary/aromatic N) is 1. The van der Waals surface area contributed by atoms with Crippen LogP contribution in [0.2, 0.25) is 0 Å². The highest BCUT2D eigenvalue weighted by molar-refractivity contribution is 5.57. The average molecular weight is 171 g/mol. The van der Waals surface area contributed by atoms with Gasteiger partial charge in [-0.3, -0.25) is 0 Å². The highest BCUT2D eigenvalue weighted by atomic mass is 16.7. The Hall–Kier alpha value is -1.70. The van der Waals surface area contributed by atoms with Crippen LogP contribution in [0.4, 0.5) is 0 Å². The lowest BCUT2D eigenvalue weighted by molar-refractivity contribution is -0.0572. The largest absolute Gasteiger partial charge is 0.387 e. The first-order chi connectivity index (χ1) is 6.45. The molecule has 64 valence electrons. The predicted octanol–water partition coefficient (Wildman–Crippen LogP) is 2.47. The molecule has 1 aromatic carbocycles. The molecule has 1 atom stereocenters. The molecule has 1 aromatic rings. The minimum Gasteiger partial charge on any atom is -0.387 e. The molecule has 2 aliphatic heterocycles. The van der Waals surface area contributed by atoms with Crippen LogP contribution in [0.1, 0.15) is 17.2 Å². The Bertz CT molecular complexity index is 395. The topological polar surface area (TPSA) is 12.5 Å². The van der Waals surface area contributed by atoms with Crippen LogP contribution in [-0.2, 0) is 4.84 Å². The fourth-order valence-corrected chi connectivity index (χ4v) is 1.78. The summed E-state index contributed by atoms with van der Waals surface area (Å²) in [5.74, 6) is 0. The van der Waals surface area contributed by atoms with Gasteiger partial charge in [0.25, 0.3) is 0 Å². The second-order valence-corrected chi connectivity index (χ2v) is 3.18. The summed E-state index contributed by atoms with van der Waals surface area (Å²) in [6.07, 6.45) is 7.82. The zero-order valence-electron chi connectivity index (χ0n) is 7.05. The summed E-state index contributed by atoms with van der Waals surface area (Å²) in [5.41, 5.74) is 2.58. The Kier molecular flexibility index (Phi) is 1.25. The number of fused-ring (bicyclic) bond motifs is 3. The molecule has 0 aliphatic carbocycles. The molecule has 0 saturated heterocycles. The molecule has 0 N–H and O–H groups in total. The number of hydrogen-bond acceptors (Lipinski definition) is 2. The Morgan fingerprint density at radius 3 is 3.15 bits per heavy atom. The molecule has 0 saturated carbocycles. The quantitative estimate of drug-likeness (QED) is 0.594. The molecule has 0 fully saturated rings. The summed E-state index contributed by atoms with van der Waals surface area (Å²) >= 11 is 0. The Labute approximate surface area is 76.7 Å². The molecule has 0 amide bonds. The van der Waals surface area contributed by atoms with Crippen molar-refractivity contribution in [1.82, 2.24) is 5.06 Å². The zero-order valence-corrected chi connectivity index (χ0v) is 7.05. The van der Waals surface area contributed by atoms with Gasteiger partial charge in [-0.2, -0.15) is 0 Å². The zero-order chi connectivity index (χ0) is 8.67. The van der Waals surface area contributed by atoms with Gasteiger partial charge in [-0.05, 0) is 23.3 Å². The number of rotatable bonds is 0. The van der Waals surface area contributed by atoms with Crippen LogP contribution in [0.15, 0.2) is 42.8 Å². The van der Waals surface area contributed by atoms with Crippen LogP contribution in [0, 0.1) is 0 Å². The first-order valence-corrected chi connectivity index (χ1v) is 4.34. The van der Waals surface area contributed by atoms with E-state index in [0.717, 1.165) is 0 Å². The minimum absolute atomic E-state index is 0.265. The molecule has 0 radical (unpaired) electrons. The fraction of sp³-hybridized carbons (Fsp3) is 0.0909. The van der Waals surface area contributed by atoms with Crippen molar-refractivity contribution in [3.05, 3.63) is 53.9 Å². The molecule has 0 spiro atoms.